The Morgan fingerprint density at radius 3 is 2.94 bits per heavy atom. The van der Waals surface area contributed by atoms with Gasteiger partial charge in [0.15, 0.2) is 11.6 Å². The molecule has 0 aliphatic carbocycles. The zero-order valence-electron chi connectivity index (χ0n) is 11.2. The lowest BCUT2D eigenvalue weighted by atomic mass is 10.2. The highest BCUT2D eigenvalue weighted by Crippen LogP contribution is 2.26. The summed E-state index contributed by atoms with van der Waals surface area (Å²) in [6, 6.07) is 4.00. The standard InChI is InChI=1S/C13H21N3OS/c1-4-8-17-11-6-5-7-15-13(11)16(3)10(2)9-12(14)18/h5-7,10H,4,8-9H2,1-3H3,(H2,14,18). The van der Waals surface area contributed by atoms with Gasteiger partial charge in [0.25, 0.3) is 0 Å². The molecule has 1 atom stereocenters. The number of rotatable bonds is 7. The predicted molar refractivity (Wildman–Crippen MR) is 79.3 cm³/mol. The summed E-state index contributed by atoms with van der Waals surface area (Å²) in [6.07, 6.45) is 3.40. The molecule has 0 radical (unpaired) electrons. The van der Waals surface area contributed by atoms with Crippen LogP contribution in [0.4, 0.5) is 5.82 Å². The van der Waals surface area contributed by atoms with E-state index in [1.54, 1.807) is 6.20 Å². The lowest BCUT2D eigenvalue weighted by Gasteiger charge is -2.27. The first-order valence-electron chi connectivity index (χ1n) is 6.15. The summed E-state index contributed by atoms with van der Waals surface area (Å²) >= 11 is 4.94. The summed E-state index contributed by atoms with van der Waals surface area (Å²) in [6.45, 7) is 4.84. The van der Waals surface area contributed by atoms with E-state index in [2.05, 4.69) is 18.8 Å². The van der Waals surface area contributed by atoms with E-state index in [1.807, 2.05) is 24.1 Å². The average molecular weight is 267 g/mol. The van der Waals surface area contributed by atoms with Crippen LogP contribution in [0.5, 0.6) is 5.75 Å². The average Bonchev–Trinajstić information content (AvgIpc) is 2.35. The van der Waals surface area contributed by atoms with E-state index in [1.165, 1.54) is 0 Å². The SMILES string of the molecule is CCCOc1cccnc1N(C)C(C)CC(N)=S. The lowest BCUT2D eigenvalue weighted by Crippen LogP contribution is -2.33. The molecule has 1 rings (SSSR count). The van der Waals surface area contributed by atoms with Gasteiger partial charge in [-0.1, -0.05) is 19.1 Å². The molecule has 0 bridgehead atoms. The number of nitrogens with two attached hydrogens (primary N) is 1. The van der Waals surface area contributed by atoms with Crippen LogP contribution in [0.3, 0.4) is 0 Å². The van der Waals surface area contributed by atoms with Gasteiger partial charge in [-0.05, 0) is 25.5 Å². The summed E-state index contributed by atoms with van der Waals surface area (Å²) in [7, 11) is 1.98. The van der Waals surface area contributed by atoms with Gasteiger partial charge in [0.05, 0.1) is 11.6 Å². The minimum Gasteiger partial charge on any atom is -0.490 e. The Balaban J connectivity index is 2.83. The van der Waals surface area contributed by atoms with Gasteiger partial charge in [-0.3, -0.25) is 0 Å². The van der Waals surface area contributed by atoms with Crippen LogP contribution in [0, 0.1) is 0 Å². The van der Waals surface area contributed by atoms with Gasteiger partial charge in [0.2, 0.25) is 0 Å². The second kappa shape index (κ2) is 7.16. The maximum absolute atomic E-state index is 5.69. The van der Waals surface area contributed by atoms with Crippen molar-refractivity contribution < 1.29 is 4.74 Å². The number of nitrogens with zero attached hydrogens (tertiary/aromatic N) is 2. The third kappa shape index (κ3) is 4.14. The Bertz CT molecular complexity index is 398. The molecule has 5 heteroatoms. The number of thiocarbonyl (C=S) groups is 1. The van der Waals surface area contributed by atoms with Gasteiger partial charge in [0, 0.05) is 25.7 Å². The highest BCUT2D eigenvalue weighted by atomic mass is 32.1. The molecule has 0 aliphatic rings. The van der Waals surface area contributed by atoms with Crippen LogP contribution in [0.1, 0.15) is 26.7 Å². The summed E-state index contributed by atoms with van der Waals surface area (Å²) in [5.41, 5.74) is 5.58. The minimum absolute atomic E-state index is 0.196. The van der Waals surface area contributed by atoms with E-state index in [-0.39, 0.29) is 6.04 Å². The molecule has 2 N–H and O–H groups in total. The molecule has 0 aromatic carbocycles. The topological polar surface area (TPSA) is 51.4 Å². The Morgan fingerprint density at radius 1 is 1.61 bits per heavy atom. The number of aromatic nitrogens is 1. The smallest absolute Gasteiger partial charge is 0.171 e. The van der Waals surface area contributed by atoms with Crippen molar-refractivity contribution in [3.05, 3.63) is 18.3 Å². The maximum atomic E-state index is 5.69. The molecule has 1 aromatic rings. The van der Waals surface area contributed by atoms with E-state index in [4.69, 9.17) is 22.7 Å². The van der Waals surface area contributed by atoms with Crippen LogP contribution < -0.4 is 15.4 Å². The lowest BCUT2D eigenvalue weighted by molar-refractivity contribution is 0.316. The van der Waals surface area contributed by atoms with Crippen LogP contribution in [-0.2, 0) is 0 Å². The van der Waals surface area contributed by atoms with E-state index in [9.17, 15) is 0 Å². The molecule has 0 amide bonds. The monoisotopic (exact) mass is 267 g/mol. The summed E-state index contributed by atoms with van der Waals surface area (Å²) in [5.74, 6) is 1.63. The molecule has 0 saturated heterocycles. The van der Waals surface area contributed by atoms with Crippen molar-refractivity contribution in [1.82, 2.24) is 4.98 Å². The molecule has 4 nitrogen and oxygen atoms in total. The molecule has 1 heterocycles. The Morgan fingerprint density at radius 2 is 2.33 bits per heavy atom. The van der Waals surface area contributed by atoms with Crippen molar-refractivity contribution in [1.29, 1.82) is 0 Å². The number of anilines is 1. The van der Waals surface area contributed by atoms with Crippen molar-refractivity contribution in [2.24, 2.45) is 5.73 Å². The third-order valence-electron chi connectivity index (χ3n) is 2.70. The minimum atomic E-state index is 0.196. The van der Waals surface area contributed by atoms with Gasteiger partial charge in [0.1, 0.15) is 0 Å². The Kier molecular flexibility index (Phi) is 5.85. The fourth-order valence-corrected chi connectivity index (χ4v) is 1.85. The Labute approximate surface area is 114 Å². The highest BCUT2D eigenvalue weighted by molar-refractivity contribution is 7.80. The number of ether oxygens (including phenoxy) is 1. The normalized spacial score (nSPS) is 11.9. The second-order valence-electron chi connectivity index (χ2n) is 4.30. The predicted octanol–water partition coefficient (Wildman–Crippen LogP) is 2.37. The van der Waals surface area contributed by atoms with Gasteiger partial charge in [-0.2, -0.15) is 0 Å². The third-order valence-corrected chi connectivity index (χ3v) is 2.87. The van der Waals surface area contributed by atoms with Crippen molar-refractivity contribution in [2.75, 3.05) is 18.6 Å². The fourth-order valence-electron chi connectivity index (χ4n) is 1.61. The quantitative estimate of drug-likeness (QED) is 0.769. The van der Waals surface area contributed by atoms with Crippen molar-refractivity contribution in [2.45, 2.75) is 32.7 Å². The van der Waals surface area contributed by atoms with E-state index in [0.717, 1.165) is 18.0 Å². The summed E-state index contributed by atoms with van der Waals surface area (Å²) in [4.78, 5) is 6.94. The van der Waals surface area contributed by atoms with Gasteiger partial charge >= 0.3 is 0 Å². The van der Waals surface area contributed by atoms with E-state index >= 15 is 0 Å². The molecule has 1 aromatic heterocycles. The van der Waals surface area contributed by atoms with Crippen LogP contribution in [0.2, 0.25) is 0 Å². The Hall–Kier alpha value is -1.36. The molecule has 0 spiro atoms. The number of pyridine rings is 1. The molecule has 100 valence electrons. The van der Waals surface area contributed by atoms with Crippen LogP contribution in [0.25, 0.3) is 0 Å². The van der Waals surface area contributed by atoms with Crippen LogP contribution >= 0.6 is 12.2 Å². The van der Waals surface area contributed by atoms with E-state index in [0.29, 0.717) is 18.0 Å². The van der Waals surface area contributed by atoms with Gasteiger partial charge in [-0.15, -0.1) is 0 Å². The fraction of sp³-hybridized carbons (Fsp3) is 0.538. The maximum Gasteiger partial charge on any atom is 0.171 e. The van der Waals surface area contributed by atoms with Crippen molar-refractivity contribution in [3.63, 3.8) is 0 Å². The number of hydrogen-bond donors (Lipinski definition) is 1. The number of hydrogen-bond acceptors (Lipinski definition) is 4. The molecule has 0 fully saturated rings. The molecule has 0 aliphatic heterocycles. The summed E-state index contributed by atoms with van der Waals surface area (Å²) < 4.78 is 5.69. The molecular weight excluding hydrogens is 246 g/mol. The largest absolute Gasteiger partial charge is 0.490 e. The zero-order chi connectivity index (χ0) is 13.5. The van der Waals surface area contributed by atoms with Gasteiger partial charge < -0.3 is 15.4 Å². The van der Waals surface area contributed by atoms with Gasteiger partial charge in [-0.25, -0.2) is 4.98 Å². The molecule has 1 unspecified atom stereocenters. The first-order valence-corrected chi connectivity index (χ1v) is 6.56. The van der Waals surface area contributed by atoms with Crippen molar-refractivity contribution in [3.8, 4) is 5.75 Å². The molecule has 0 saturated carbocycles. The summed E-state index contributed by atoms with van der Waals surface area (Å²) in [5, 5.41) is 0. The highest BCUT2D eigenvalue weighted by Gasteiger charge is 2.16. The van der Waals surface area contributed by atoms with Crippen LogP contribution in [-0.4, -0.2) is 29.7 Å². The first-order chi connectivity index (χ1) is 8.56. The molecule has 18 heavy (non-hydrogen) atoms. The van der Waals surface area contributed by atoms with E-state index < -0.39 is 0 Å². The zero-order valence-corrected chi connectivity index (χ0v) is 12.0. The second-order valence-corrected chi connectivity index (χ2v) is 4.83. The van der Waals surface area contributed by atoms with Crippen LogP contribution in [0.15, 0.2) is 18.3 Å². The molecular formula is C13H21N3OS. The van der Waals surface area contributed by atoms with Crippen molar-refractivity contribution >= 4 is 23.0 Å². The first kappa shape index (κ1) is 14.7.